The quantitative estimate of drug-likeness (QED) is 0.850. The van der Waals surface area contributed by atoms with Crippen molar-refractivity contribution in [1.29, 1.82) is 0 Å². The zero-order valence-electron chi connectivity index (χ0n) is 13.9. The summed E-state index contributed by atoms with van der Waals surface area (Å²) in [5.74, 6) is 0.649. The predicted molar refractivity (Wildman–Crippen MR) is 95.1 cm³/mol. The SMILES string of the molecule is CC(CC(=O)Nc1cc2c(cc1Cl)OCCCO2)c1ccc(F)cc1. The summed E-state index contributed by atoms with van der Waals surface area (Å²) >= 11 is 6.24. The average molecular weight is 364 g/mol. The summed E-state index contributed by atoms with van der Waals surface area (Å²) in [6.45, 7) is 3.05. The van der Waals surface area contributed by atoms with Crippen molar-refractivity contribution >= 4 is 23.2 Å². The number of carbonyl (C=O) groups is 1. The molecule has 0 bridgehead atoms. The highest BCUT2D eigenvalue weighted by molar-refractivity contribution is 6.34. The van der Waals surface area contributed by atoms with E-state index in [4.69, 9.17) is 21.1 Å². The molecule has 0 radical (unpaired) electrons. The Labute approximate surface area is 150 Å². The van der Waals surface area contributed by atoms with Crippen LogP contribution in [-0.2, 0) is 4.79 Å². The highest BCUT2D eigenvalue weighted by Crippen LogP contribution is 2.37. The molecule has 3 rings (SSSR count). The Kier molecular flexibility index (Phi) is 5.43. The molecule has 4 nitrogen and oxygen atoms in total. The van der Waals surface area contributed by atoms with Crippen LogP contribution in [-0.4, -0.2) is 19.1 Å². The minimum absolute atomic E-state index is 0.0419. The van der Waals surface area contributed by atoms with E-state index in [1.807, 2.05) is 6.92 Å². The van der Waals surface area contributed by atoms with Crippen molar-refractivity contribution in [2.24, 2.45) is 0 Å². The van der Waals surface area contributed by atoms with E-state index in [0.29, 0.717) is 35.4 Å². The Morgan fingerprint density at radius 1 is 1.20 bits per heavy atom. The monoisotopic (exact) mass is 363 g/mol. The van der Waals surface area contributed by atoms with Crippen LogP contribution in [0.15, 0.2) is 36.4 Å². The Bertz CT molecular complexity index is 764. The molecule has 0 saturated heterocycles. The maximum atomic E-state index is 13.0. The van der Waals surface area contributed by atoms with E-state index in [0.717, 1.165) is 12.0 Å². The minimum atomic E-state index is -0.292. The Balaban J connectivity index is 1.68. The van der Waals surface area contributed by atoms with Crippen LogP contribution in [0.5, 0.6) is 11.5 Å². The average Bonchev–Trinajstić information content (AvgIpc) is 2.80. The number of fused-ring (bicyclic) bond motifs is 1. The lowest BCUT2D eigenvalue weighted by atomic mass is 9.97. The van der Waals surface area contributed by atoms with Crippen LogP contribution in [0.1, 0.15) is 31.2 Å². The van der Waals surface area contributed by atoms with Crippen molar-refractivity contribution in [2.75, 3.05) is 18.5 Å². The number of carbonyl (C=O) groups excluding carboxylic acids is 1. The standard InChI is InChI=1S/C19H19ClFNO3/c1-12(13-3-5-14(21)6-4-13)9-19(23)22-16-11-18-17(10-15(16)20)24-7-2-8-25-18/h3-6,10-12H,2,7-9H2,1H3,(H,22,23). The smallest absolute Gasteiger partial charge is 0.225 e. The zero-order chi connectivity index (χ0) is 17.8. The van der Waals surface area contributed by atoms with Gasteiger partial charge in [-0.2, -0.15) is 0 Å². The number of hydrogen-bond donors (Lipinski definition) is 1. The Hall–Kier alpha value is -2.27. The second-order valence-electron chi connectivity index (χ2n) is 6.03. The van der Waals surface area contributed by atoms with Gasteiger partial charge in [-0.15, -0.1) is 0 Å². The first-order valence-corrected chi connectivity index (χ1v) is 8.55. The molecule has 2 aromatic carbocycles. The van der Waals surface area contributed by atoms with Gasteiger partial charge in [-0.3, -0.25) is 4.79 Å². The first kappa shape index (κ1) is 17.5. The van der Waals surface area contributed by atoms with Crippen LogP contribution in [0.2, 0.25) is 5.02 Å². The van der Waals surface area contributed by atoms with Crippen LogP contribution in [0.3, 0.4) is 0 Å². The van der Waals surface area contributed by atoms with Gasteiger partial charge in [0.25, 0.3) is 0 Å². The zero-order valence-corrected chi connectivity index (χ0v) is 14.6. The molecule has 1 amide bonds. The van der Waals surface area contributed by atoms with E-state index < -0.39 is 0 Å². The minimum Gasteiger partial charge on any atom is -0.490 e. The fourth-order valence-electron chi connectivity index (χ4n) is 2.67. The van der Waals surface area contributed by atoms with Gasteiger partial charge < -0.3 is 14.8 Å². The Morgan fingerprint density at radius 3 is 2.52 bits per heavy atom. The van der Waals surface area contributed by atoms with E-state index in [9.17, 15) is 9.18 Å². The summed E-state index contributed by atoms with van der Waals surface area (Å²) < 4.78 is 24.2. The number of amides is 1. The van der Waals surface area contributed by atoms with Gasteiger partial charge in [0.2, 0.25) is 5.91 Å². The molecule has 1 N–H and O–H groups in total. The molecule has 0 saturated carbocycles. The first-order valence-electron chi connectivity index (χ1n) is 8.17. The van der Waals surface area contributed by atoms with Crippen molar-refractivity contribution in [3.8, 4) is 11.5 Å². The number of anilines is 1. The molecule has 0 aromatic heterocycles. The van der Waals surface area contributed by atoms with E-state index in [1.54, 1.807) is 24.3 Å². The number of hydrogen-bond acceptors (Lipinski definition) is 3. The van der Waals surface area contributed by atoms with Gasteiger partial charge in [0, 0.05) is 25.0 Å². The van der Waals surface area contributed by atoms with Crippen LogP contribution in [0.4, 0.5) is 10.1 Å². The summed E-state index contributed by atoms with van der Waals surface area (Å²) in [5.41, 5.74) is 1.39. The van der Waals surface area contributed by atoms with Gasteiger partial charge in [-0.1, -0.05) is 30.7 Å². The van der Waals surface area contributed by atoms with Gasteiger partial charge in [0.05, 0.1) is 23.9 Å². The number of benzene rings is 2. The van der Waals surface area contributed by atoms with Gasteiger partial charge >= 0.3 is 0 Å². The topological polar surface area (TPSA) is 47.6 Å². The van der Waals surface area contributed by atoms with Gasteiger partial charge in [-0.05, 0) is 23.6 Å². The summed E-state index contributed by atoms with van der Waals surface area (Å²) in [7, 11) is 0. The molecule has 1 unspecified atom stereocenters. The largest absolute Gasteiger partial charge is 0.490 e. The number of rotatable bonds is 4. The summed E-state index contributed by atoms with van der Waals surface area (Å²) in [6.07, 6.45) is 1.06. The van der Waals surface area contributed by atoms with Crippen molar-refractivity contribution in [1.82, 2.24) is 0 Å². The molecular formula is C19H19ClFNO3. The lowest BCUT2D eigenvalue weighted by Crippen LogP contribution is -2.15. The third-order valence-corrected chi connectivity index (χ3v) is 4.35. The lowest BCUT2D eigenvalue weighted by molar-refractivity contribution is -0.116. The maximum absolute atomic E-state index is 13.0. The van der Waals surface area contributed by atoms with Crippen LogP contribution in [0.25, 0.3) is 0 Å². The molecule has 0 fully saturated rings. The van der Waals surface area contributed by atoms with Crippen LogP contribution >= 0.6 is 11.6 Å². The molecule has 0 spiro atoms. The van der Waals surface area contributed by atoms with Crippen LogP contribution in [0, 0.1) is 5.82 Å². The molecule has 6 heteroatoms. The molecule has 1 aliphatic heterocycles. The molecule has 1 heterocycles. The number of ether oxygens (including phenoxy) is 2. The van der Waals surface area contributed by atoms with E-state index in [2.05, 4.69) is 5.32 Å². The third kappa shape index (κ3) is 4.42. The second-order valence-corrected chi connectivity index (χ2v) is 6.44. The molecule has 25 heavy (non-hydrogen) atoms. The third-order valence-electron chi connectivity index (χ3n) is 4.04. The fraction of sp³-hybridized carbons (Fsp3) is 0.316. The number of halogens is 2. The van der Waals surface area contributed by atoms with E-state index in [1.165, 1.54) is 12.1 Å². The number of nitrogens with one attached hydrogen (secondary N) is 1. The normalized spacial score (nSPS) is 14.5. The van der Waals surface area contributed by atoms with Crippen molar-refractivity contribution < 1.29 is 18.7 Å². The highest BCUT2D eigenvalue weighted by atomic mass is 35.5. The summed E-state index contributed by atoms with van der Waals surface area (Å²) in [5, 5.41) is 3.21. The lowest BCUT2D eigenvalue weighted by Gasteiger charge is -2.15. The molecule has 1 atom stereocenters. The van der Waals surface area contributed by atoms with Gasteiger partial charge in [0.15, 0.2) is 11.5 Å². The maximum Gasteiger partial charge on any atom is 0.225 e. The van der Waals surface area contributed by atoms with Crippen molar-refractivity contribution in [3.63, 3.8) is 0 Å². The molecule has 2 aromatic rings. The van der Waals surface area contributed by atoms with Crippen LogP contribution < -0.4 is 14.8 Å². The van der Waals surface area contributed by atoms with Gasteiger partial charge in [-0.25, -0.2) is 4.39 Å². The molecule has 1 aliphatic rings. The van der Waals surface area contributed by atoms with E-state index >= 15 is 0 Å². The first-order chi connectivity index (χ1) is 12.0. The second kappa shape index (κ2) is 7.74. The molecule has 0 aliphatic carbocycles. The highest BCUT2D eigenvalue weighted by Gasteiger charge is 2.17. The van der Waals surface area contributed by atoms with E-state index in [-0.39, 0.29) is 24.1 Å². The molecule has 132 valence electrons. The van der Waals surface area contributed by atoms with Crippen molar-refractivity contribution in [2.45, 2.75) is 25.7 Å². The fourth-order valence-corrected chi connectivity index (χ4v) is 2.87. The molecular weight excluding hydrogens is 345 g/mol. The van der Waals surface area contributed by atoms with Gasteiger partial charge in [0.1, 0.15) is 5.82 Å². The summed E-state index contributed by atoms with van der Waals surface area (Å²) in [6, 6.07) is 9.50. The predicted octanol–water partition coefficient (Wildman–Crippen LogP) is 4.77. The van der Waals surface area contributed by atoms with Crippen molar-refractivity contribution in [3.05, 3.63) is 52.8 Å². The Morgan fingerprint density at radius 2 is 1.84 bits per heavy atom. The summed E-state index contributed by atoms with van der Waals surface area (Å²) in [4.78, 5) is 12.3.